The van der Waals surface area contributed by atoms with Gasteiger partial charge in [-0.25, -0.2) is 0 Å². The molecule has 0 spiro atoms. The first-order chi connectivity index (χ1) is 6.58. The average molecular weight is 531 g/mol. The number of allylic oxidation sites excluding steroid dienone is 3. The summed E-state index contributed by atoms with van der Waals surface area (Å²) in [5, 5.41) is 0. The van der Waals surface area contributed by atoms with E-state index in [-0.39, 0.29) is 0 Å². The molecular weight excluding hydrogens is 518 g/mol. The normalized spacial score (nSPS) is 12.9. The summed E-state index contributed by atoms with van der Waals surface area (Å²) in [5.41, 5.74) is 2.14. The van der Waals surface area contributed by atoms with E-state index in [0.29, 0.717) is 0 Å². The molecule has 0 aromatic rings. The van der Waals surface area contributed by atoms with Crippen LogP contribution >= 0.6 is 0 Å². The van der Waals surface area contributed by atoms with E-state index in [0.717, 1.165) is 17.0 Å². The molecule has 0 unspecified atom stereocenters. The van der Waals surface area contributed by atoms with Crippen LogP contribution in [0.3, 0.4) is 0 Å². The van der Waals surface area contributed by atoms with E-state index >= 15 is 0 Å². The fraction of sp³-hybridized carbons (Fsp3) is 0.300. The molecule has 0 saturated carbocycles. The molecule has 0 bridgehead atoms. The van der Waals surface area contributed by atoms with Crippen LogP contribution in [-0.2, 0) is 43.7 Å². The third-order valence-corrected chi connectivity index (χ3v) is 3.29. The van der Waals surface area contributed by atoms with Crippen molar-refractivity contribution in [2.75, 3.05) is 0 Å². The zero-order chi connectivity index (χ0) is 11.1. The van der Waals surface area contributed by atoms with E-state index in [4.69, 9.17) is 4.74 Å². The molecule has 0 aromatic carbocycles. The van der Waals surface area contributed by atoms with Crippen molar-refractivity contribution in [3.8, 4) is 0 Å². The van der Waals surface area contributed by atoms with Gasteiger partial charge in [-0.1, -0.05) is 0 Å². The number of rotatable bonds is 5. The van der Waals surface area contributed by atoms with Crippen LogP contribution in [0.1, 0.15) is 20.8 Å². The molecule has 0 amide bonds. The molecule has 0 atom stereocenters. The molecule has 4 heteroatoms. The van der Waals surface area contributed by atoms with Crippen molar-refractivity contribution in [2.45, 2.75) is 20.8 Å². The van der Waals surface area contributed by atoms with Crippen LogP contribution in [-0.4, -0.2) is 3.90 Å². The molecule has 0 saturated heterocycles. The van der Waals surface area contributed by atoms with E-state index in [1.807, 2.05) is 19.9 Å². The Bertz CT molecular complexity index is 316. The van der Waals surface area contributed by atoms with Crippen molar-refractivity contribution in [3.63, 3.8) is 0 Å². The van der Waals surface area contributed by atoms with Crippen LogP contribution < -0.4 is 0 Å². The summed E-state index contributed by atoms with van der Waals surface area (Å²) < 4.78 is 10.9. The summed E-state index contributed by atoms with van der Waals surface area (Å²) in [6, 6.07) is 0. The van der Waals surface area contributed by atoms with Crippen LogP contribution in [0.15, 0.2) is 39.4 Å². The third-order valence-electron chi connectivity index (χ3n) is 1.57. The first-order valence-corrected chi connectivity index (χ1v) is 6.85. The molecule has 0 fully saturated rings. The fourth-order valence-corrected chi connectivity index (χ4v) is 2.23. The van der Waals surface area contributed by atoms with Crippen LogP contribution in [0, 0.1) is 0 Å². The zero-order valence-electron chi connectivity index (χ0n) is 8.53. The predicted octanol–water partition coefficient (Wildman–Crippen LogP) is 2.79. The molecular formula is C10H13NOW2. The van der Waals surface area contributed by atoms with Gasteiger partial charge < -0.3 is 0 Å². The minimum absolute atomic E-state index is 0.843. The number of ether oxygens (including phenoxy) is 1. The Morgan fingerprint density at radius 3 is 2.29 bits per heavy atom. The first-order valence-electron chi connectivity index (χ1n) is 4.07. The van der Waals surface area contributed by atoms with Gasteiger partial charge in [0.15, 0.2) is 0 Å². The Balaban J connectivity index is 5.31. The van der Waals surface area contributed by atoms with E-state index in [9.17, 15) is 0 Å². The second kappa shape index (κ2) is 7.37. The maximum absolute atomic E-state index is 5.35. The third kappa shape index (κ3) is 4.07. The molecule has 0 rings (SSSR count). The van der Waals surface area contributed by atoms with Gasteiger partial charge in [-0.15, -0.1) is 0 Å². The van der Waals surface area contributed by atoms with Gasteiger partial charge in [0.05, 0.1) is 0 Å². The molecule has 0 heterocycles. The second-order valence-electron chi connectivity index (χ2n) is 2.55. The molecule has 0 aliphatic rings. The van der Waals surface area contributed by atoms with Gasteiger partial charge >= 0.3 is 108 Å². The Kier molecular flexibility index (Phi) is 7.41. The summed E-state index contributed by atoms with van der Waals surface area (Å²) in [6.45, 7) is 9.61. The Morgan fingerprint density at radius 1 is 1.43 bits per heavy atom. The molecule has 2 nitrogen and oxygen atoms in total. The SMILES string of the molecule is C=COC(=CC)C([C](C)=[W])=C(C)[N]=[W]. The van der Waals surface area contributed by atoms with Crippen LogP contribution in [0.4, 0.5) is 0 Å². The van der Waals surface area contributed by atoms with Crippen molar-refractivity contribution in [1.82, 2.24) is 0 Å². The van der Waals surface area contributed by atoms with Gasteiger partial charge in [0.25, 0.3) is 0 Å². The quantitative estimate of drug-likeness (QED) is 0.396. The van der Waals surface area contributed by atoms with E-state index in [1.54, 1.807) is 0 Å². The standard InChI is InChI=1S/C10H13NO.2W/c1-5-9(8(4)11)10(6-2)12-7-3;;/h6-7H,3H2,1-2,4H3;;. The van der Waals surface area contributed by atoms with E-state index in [1.165, 1.54) is 49.1 Å². The summed E-state index contributed by atoms with van der Waals surface area (Å²) >= 11 is 2.64. The maximum atomic E-state index is 5.35. The Morgan fingerprint density at radius 2 is 2.00 bits per heavy atom. The summed E-state index contributed by atoms with van der Waals surface area (Å²) in [6.07, 6.45) is 3.39. The van der Waals surface area contributed by atoms with Crippen LogP contribution in [0.2, 0.25) is 0 Å². The van der Waals surface area contributed by atoms with Crippen LogP contribution in [0.25, 0.3) is 0 Å². The summed E-state index contributed by atoms with van der Waals surface area (Å²) in [4.78, 5) is 0. The molecule has 14 heavy (non-hydrogen) atoms. The predicted molar refractivity (Wildman–Crippen MR) is 50.8 cm³/mol. The molecule has 0 aliphatic heterocycles. The van der Waals surface area contributed by atoms with Gasteiger partial charge in [-0.2, -0.15) is 0 Å². The topological polar surface area (TPSA) is 21.6 Å². The molecule has 0 aliphatic carbocycles. The summed E-state index contributed by atoms with van der Waals surface area (Å²) in [7, 11) is 0. The summed E-state index contributed by atoms with van der Waals surface area (Å²) in [5.74, 6) is 0.843. The van der Waals surface area contributed by atoms with Crippen molar-refractivity contribution in [3.05, 3.63) is 35.9 Å². The average Bonchev–Trinajstić information content (AvgIpc) is 2.16. The zero-order valence-corrected chi connectivity index (χ0v) is 14.4. The number of nitrogens with zero attached hydrogens (tertiary/aromatic N) is 1. The molecule has 0 radical (unpaired) electrons. The monoisotopic (exact) mass is 531 g/mol. The molecule has 0 aromatic heterocycles. The Labute approximate surface area is 107 Å². The van der Waals surface area contributed by atoms with Gasteiger partial charge in [0.1, 0.15) is 0 Å². The van der Waals surface area contributed by atoms with Gasteiger partial charge in [-0.3, -0.25) is 0 Å². The van der Waals surface area contributed by atoms with E-state index < -0.39 is 0 Å². The van der Waals surface area contributed by atoms with Crippen molar-refractivity contribution >= 4 is 3.90 Å². The molecule has 76 valence electrons. The van der Waals surface area contributed by atoms with Gasteiger partial charge in [0, 0.05) is 0 Å². The molecule has 0 N–H and O–H groups in total. The minimum atomic E-state index is 0.843. The number of hydrogen-bond donors (Lipinski definition) is 0. The van der Waals surface area contributed by atoms with E-state index in [2.05, 4.69) is 17.0 Å². The van der Waals surface area contributed by atoms with Crippen molar-refractivity contribution in [1.29, 1.82) is 0 Å². The van der Waals surface area contributed by atoms with Crippen LogP contribution in [0.5, 0.6) is 0 Å². The van der Waals surface area contributed by atoms with Gasteiger partial charge in [-0.05, 0) is 0 Å². The first kappa shape index (κ1) is 14.1. The Hall–Kier alpha value is 0.0666. The number of hydrogen-bond acceptors (Lipinski definition) is 2. The van der Waals surface area contributed by atoms with Crippen molar-refractivity contribution < 1.29 is 43.7 Å². The fourth-order valence-electron chi connectivity index (χ4n) is 1.01. The van der Waals surface area contributed by atoms with Crippen molar-refractivity contribution in [2.24, 2.45) is 3.50 Å². The second-order valence-corrected chi connectivity index (χ2v) is 5.40. The van der Waals surface area contributed by atoms with Gasteiger partial charge in [0.2, 0.25) is 0 Å².